The van der Waals surface area contributed by atoms with E-state index in [4.69, 9.17) is 4.98 Å². The van der Waals surface area contributed by atoms with Crippen LogP contribution in [-0.4, -0.2) is 19.7 Å². The summed E-state index contributed by atoms with van der Waals surface area (Å²) < 4.78 is 20.6. The minimum absolute atomic E-state index is 0.130. The molecule has 0 aliphatic rings. The highest BCUT2D eigenvalue weighted by atomic mass is 19.1. The summed E-state index contributed by atoms with van der Waals surface area (Å²) in [6.07, 6.45) is 3.05. The molecular weight excluding hydrogens is 495 g/mol. The first-order valence-electron chi connectivity index (χ1n) is 13.0. The van der Waals surface area contributed by atoms with E-state index in [0.717, 1.165) is 40.8 Å². The van der Waals surface area contributed by atoms with Crippen LogP contribution in [0.2, 0.25) is 0 Å². The number of halogens is 1. The number of nitrogens with one attached hydrogen (secondary N) is 1. The molecular formula is C31H29FN4O3. The van der Waals surface area contributed by atoms with Crippen molar-refractivity contribution in [3.63, 3.8) is 0 Å². The number of hydrogen-bond acceptors (Lipinski definition) is 5. The maximum atomic E-state index is 14.4. The van der Waals surface area contributed by atoms with Crippen molar-refractivity contribution in [2.24, 2.45) is 0 Å². The summed E-state index contributed by atoms with van der Waals surface area (Å²) >= 11 is 0. The maximum Gasteiger partial charge on any atom is 0.439 e. The van der Waals surface area contributed by atoms with E-state index in [1.165, 1.54) is 6.07 Å². The first-order chi connectivity index (χ1) is 18.9. The fourth-order valence-electron chi connectivity index (χ4n) is 4.76. The Morgan fingerprint density at radius 2 is 1.67 bits per heavy atom. The summed E-state index contributed by atoms with van der Waals surface area (Å²) in [7, 11) is 0. The van der Waals surface area contributed by atoms with Crippen LogP contribution in [0.25, 0.3) is 22.5 Å². The predicted molar refractivity (Wildman–Crippen MR) is 148 cm³/mol. The third kappa shape index (κ3) is 5.65. The zero-order chi connectivity index (χ0) is 27.4. The van der Waals surface area contributed by atoms with Gasteiger partial charge in [-0.25, -0.2) is 14.2 Å². The lowest BCUT2D eigenvalue weighted by Gasteiger charge is -2.16. The molecule has 3 aromatic carbocycles. The molecule has 0 atom stereocenters. The van der Waals surface area contributed by atoms with Gasteiger partial charge in [-0.15, -0.1) is 0 Å². The average molecular weight is 525 g/mol. The van der Waals surface area contributed by atoms with Gasteiger partial charge in [0.1, 0.15) is 11.6 Å². The number of hydrogen-bond donors (Lipinski definition) is 1. The van der Waals surface area contributed by atoms with Gasteiger partial charge in [-0.05, 0) is 42.5 Å². The van der Waals surface area contributed by atoms with Gasteiger partial charge in [0.05, 0.1) is 12.2 Å². The molecule has 1 N–H and O–H groups in total. The molecule has 0 saturated heterocycles. The highest BCUT2D eigenvalue weighted by Gasteiger charge is 2.17. The number of rotatable bonds is 9. The van der Waals surface area contributed by atoms with Gasteiger partial charge in [0, 0.05) is 23.1 Å². The fraction of sp³-hybridized carbons (Fsp3) is 0.226. The van der Waals surface area contributed by atoms with Crippen molar-refractivity contribution in [3.8, 4) is 22.5 Å². The van der Waals surface area contributed by atoms with E-state index in [1.807, 2.05) is 48.5 Å². The van der Waals surface area contributed by atoms with E-state index in [0.29, 0.717) is 35.6 Å². The second kappa shape index (κ2) is 11.4. The minimum Gasteiger partial charge on any atom is -0.296 e. The largest absolute Gasteiger partial charge is 0.439 e. The monoisotopic (exact) mass is 524 g/mol. The molecule has 0 aliphatic carbocycles. The quantitative estimate of drug-likeness (QED) is 0.268. The molecule has 39 heavy (non-hydrogen) atoms. The molecule has 198 valence electrons. The number of unbranched alkanes of at least 4 members (excludes halogenated alkanes) is 1. The first kappa shape index (κ1) is 26.0. The Morgan fingerprint density at radius 3 is 2.36 bits per heavy atom. The molecule has 0 fully saturated rings. The van der Waals surface area contributed by atoms with Crippen LogP contribution in [0, 0.1) is 12.7 Å². The fourth-order valence-corrected chi connectivity index (χ4v) is 4.76. The lowest BCUT2D eigenvalue weighted by atomic mass is 9.96. The maximum absolute atomic E-state index is 14.4. The van der Waals surface area contributed by atoms with Crippen LogP contribution < -0.4 is 11.3 Å². The van der Waals surface area contributed by atoms with E-state index in [1.54, 1.807) is 29.7 Å². The van der Waals surface area contributed by atoms with Gasteiger partial charge in [0.25, 0.3) is 5.56 Å². The average Bonchev–Trinajstić information content (AvgIpc) is 3.39. The number of nitrogens with zero attached hydrogens (tertiary/aromatic N) is 3. The molecule has 0 spiro atoms. The summed E-state index contributed by atoms with van der Waals surface area (Å²) in [4.78, 5) is 32.6. The standard InChI is InChI=1S/C31H29FN4O3/c1-3-4-13-28-26(30(37)36(20(2)33-28)19-23-9-5-8-12-27(23)32)18-21-14-16-22(17-15-21)24-10-6-7-11-25(24)29-34-31(38)39-35-29/h5-12,14-17H,3-4,13,18-19H2,1-2H3,(H,34,35,38). The predicted octanol–water partition coefficient (Wildman–Crippen LogP) is 5.68. The van der Waals surface area contributed by atoms with Crippen LogP contribution >= 0.6 is 0 Å². The van der Waals surface area contributed by atoms with E-state index < -0.39 is 5.76 Å². The molecule has 5 rings (SSSR count). The molecule has 0 radical (unpaired) electrons. The van der Waals surface area contributed by atoms with Crippen LogP contribution in [0.4, 0.5) is 4.39 Å². The third-order valence-electron chi connectivity index (χ3n) is 6.86. The summed E-state index contributed by atoms with van der Waals surface area (Å²) in [5, 5.41) is 3.83. The van der Waals surface area contributed by atoms with Gasteiger partial charge in [0.2, 0.25) is 0 Å². The molecule has 8 heteroatoms. The van der Waals surface area contributed by atoms with Gasteiger partial charge >= 0.3 is 5.76 Å². The lowest BCUT2D eigenvalue weighted by molar-refractivity contribution is 0.388. The molecule has 0 aliphatic heterocycles. The second-order valence-corrected chi connectivity index (χ2v) is 9.53. The number of H-pyrrole nitrogens is 1. The van der Waals surface area contributed by atoms with Crippen molar-refractivity contribution in [3.05, 3.63) is 128 Å². The summed E-state index contributed by atoms with van der Waals surface area (Å²) in [6.45, 7) is 4.04. The third-order valence-corrected chi connectivity index (χ3v) is 6.86. The van der Waals surface area contributed by atoms with Crippen molar-refractivity contribution >= 4 is 0 Å². The highest BCUT2D eigenvalue weighted by molar-refractivity contribution is 5.80. The summed E-state index contributed by atoms with van der Waals surface area (Å²) in [5.74, 6) is -0.00953. The summed E-state index contributed by atoms with van der Waals surface area (Å²) in [6, 6.07) is 22.0. The SMILES string of the molecule is CCCCc1nc(C)n(Cc2ccccc2F)c(=O)c1Cc1ccc(-c2ccccc2-c2noc(=O)[nH]2)cc1. The van der Waals surface area contributed by atoms with Gasteiger partial charge in [-0.1, -0.05) is 85.2 Å². The van der Waals surface area contributed by atoms with Gasteiger partial charge in [0.15, 0.2) is 5.82 Å². The van der Waals surface area contributed by atoms with Crippen molar-refractivity contribution in [2.45, 2.75) is 46.1 Å². The molecule has 7 nitrogen and oxygen atoms in total. The number of aryl methyl sites for hydroxylation is 2. The Labute approximate surface area is 225 Å². The van der Waals surface area contributed by atoms with Crippen LogP contribution in [0.3, 0.4) is 0 Å². The van der Waals surface area contributed by atoms with Crippen LogP contribution in [0.5, 0.6) is 0 Å². The van der Waals surface area contributed by atoms with Gasteiger partial charge in [-0.3, -0.25) is 18.9 Å². The van der Waals surface area contributed by atoms with Crippen molar-refractivity contribution in [1.82, 2.24) is 19.7 Å². The van der Waals surface area contributed by atoms with Crippen molar-refractivity contribution < 1.29 is 8.91 Å². The Balaban J connectivity index is 1.49. The number of aromatic nitrogens is 4. The smallest absolute Gasteiger partial charge is 0.296 e. The second-order valence-electron chi connectivity index (χ2n) is 9.53. The van der Waals surface area contributed by atoms with E-state index in [-0.39, 0.29) is 17.9 Å². The van der Waals surface area contributed by atoms with E-state index in [9.17, 15) is 14.0 Å². The minimum atomic E-state index is -0.610. The Bertz CT molecular complexity index is 1720. The van der Waals surface area contributed by atoms with Gasteiger partial charge in [-0.2, -0.15) is 0 Å². The number of aromatic amines is 1. The normalized spacial score (nSPS) is 11.2. The van der Waals surface area contributed by atoms with Gasteiger partial charge < -0.3 is 0 Å². The summed E-state index contributed by atoms with van der Waals surface area (Å²) in [5.41, 5.74) is 5.28. The first-order valence-corrected chi connectivity index (χ1v) is 13.0. The molecule has 0 amide bonds. The molecule has 5 aromatic rings. The van der Waals surface area contributed by atoms with Crippen molar-refractivity contribution in [1.29, 1.82) is 0 Å². The molecule has 2 aromatic heterocycles. The van der Waals surface area contributed by atoms with Crippen LogP contribution in [0.1, 0.15) is 48.0 Å². The molecule has 0 saturated carbocycles. The zero-order valence-electron chi connectivity index (χ0n) is 21.9. The Morgan fingerprint density at radius 1 is 0.949 bits per heavy atom. The highest BCUT2D eigenvalue weighted by Crippen LogP contribution is 2.30. The van der Waals surface area contributed by atoms with Crippen molar-refractivity contribution in [2.75, 3.05) is 0 Å². The molecule has 0 unspecified atom stereocenters. The number of benzene rings is 3. The van der Waals surface area contributed by atoms with E-state index >= 15 is 0 Å². The Hall–Kier alpha value is -4.59. The van der Waals surface area contributed by atoms with Crippen LogP contribution in [-0.2, 0) is 19.4 Å². The molecule has 2 heterocycles. The Kier molecular flexibility index (Phi) is 7.63. The zero-order valence-corrected chi connectivity index (χ0v) is 21.9. The van der Waals surface area contributed by atoms with E-state index in [2.05, 4.69) is 21.6 Å². The van der Waals surface area contributed by atoms with Crippen LogP contribution in [0.15, 0.2) is 86.9 Å². The molecule has 0 bridgehead atoms. The lowest BCUT2D eigenvalue weighted by Crippen LogP contribution is -2.30. The topological polar surface area (TPSA) is 93.8 Å².